The number of hydrogen-bond acceptors (Lipinski definition) is 3. The minimum Gasteiger partial charge on any atom is -0.381 e. The molecule has 2 atom stereocenters. The Morgan fingerprint density at radius 3 is 2.85 bits per heavy atom. The van der Waals surface area contributed by atoms with Gasteiger partial charge in [-0.2, -0.15) is 0 Å². The quantitative estimate of drug-likeness (QED) is 0.830. The molecule has 20 heavy (non-hydrogen) atoms. The smallest absolute Gasteiger partial charge is 0.319 e. The Labute approximate surface area is 118 Å². The number of ketones is 1. The van der Waals surface area contributed by atoms with E-state index in [4.69, 9.17) is 4.74 Å². The summed E-state index contributed by atoms with van der Waals surface area (Å²) < 4.78 is 5.31. The number of nitrogens with one attached hydrogen (secondary N) is 2. The van der Waals surface area contributed by atoms with Crippen LogP contribution in [0.25, 0.3) is 0 Å². The van der Waals surface area contributed by atoms with Crippen LogP contribution in [0.15, 0.2) is 24.3 Å². The van der Waals surface area contributed by atoms with Crippen LogP contribution in [0.1, 0.15) is 30.6 Å². The van der Waals surface area contributed by atoms with Crippen molar-refractivity contribution in [2.24, 2.45) is 5.92 Å². The van der Waals surface area contributed by atoms with E-state index in [1.807, 2.05) is 6.92 Å². The van der Waals surface area contributed by atoms with E-state index in [1.54, 1.807) is 24.3 Å². The van der Waals surface area contributed by atoms with Gasteiger partial charge in [-0.3, -0.25) is 4.79 Å². The number of hydrogen-bond donors (Lipinski definition) is 2. The standard InChI is InChI=1S/C15H20N2O3/c1-10(13-6-7-20-9-13)16-15(19)17-14-5-3-4-12(8-14)11(2)18/h3-5,8,10,13H,6-7,9H2,1-2H3,(H2,16,17,19). The molecule has 5 heteroatoms. The van der Waals surface area contributed by atoms with E-state index in [0.29, 0.717) is 23.8 Å². The Morgan fingerprint density at radius 2 is 2.20 bits per heavy atom. The predicted octanol–water partition coefficient (Wildman–Crippen LogP) is 2.44. The van der Waals surface area contributed by atoms with Gasteiger partial charge in [0, 0.05) is 29.8 Å². The topological polar surface area (TPSA) is 67.4 Å². The van der Waals surface area contributed by atoms with Crippen molar-refractivity contribution in [1.82, 2.24) is 5.32 Å². The van der Waals surface area contributed by atoms with E-state index in [2.05, 4.69) is 10.6 Å². The second-order valence-corrected chi connectivity index (χ2v) is 5.15. The third-order valence-electron chi connectivity index (χ3n) is 3.56. The van der Waals surface area contributed by atoms with E-state index in [9.17, 15) is 9.59 Å². The van der Waals surface area contributed by atoms with Gasteiger partial charge in [0.2, 0.25) is 0 Å². The summed E-state index contributed by atoms with van der Waals surface area (Å²) in [5, 5.41) is 5.65. The van der Waals surface area contributed by atoms with E-state index >= 15 is 0 Å². The van der Waals surface area contributed by atoms with Gasteiger partial charge in [-0.25, -0.2) is 4.79 Å². The highest BCUT2D eigenvalue weighted by atomic mass is 16.5. The fourth-order valence-electron chi connectivity index (χ4n) is 2.25. The van der Waals surface area contributed by atoms with E-state index < -0.39 is 0 Å². The Bertz CT molecular complexity index is 496. The number of benzene rings is 1. The zero-order valence-electron chi connectivity index (χ0n) is 11.8. The van der Waals surface area contributed by atoms with Gasteiger partial charge in [-0.1, -0.05) is 12.1 Å². The molecule has 0 aliphatic carbocycles. The van der Waals surface area contributed by atoms with Crippen LogP contribution in [-0.2, 0) is 4.74 Å². The van der Waals surface area contributed by atoms with Crippen LogP contribution in [0.2, 0.25) is 0 Å². The number of ether oxygens (including phenoxy) is 1. The number of urea groups is 1. The highest BCUT2D eigenvalue weighted by molar-refractivity contribution is 5.96. The third-order valence-corrected chi connectivity index (χ3v) is 3.56. The molecule has 1 aliphatic rings. The van der Waals surface area contributed by atoms with Crippen LogP contribution in [0.3, 0.4) is 0 Å². The molecule has 0 saturated carbocycles. The highest BCUT2D eigenvalue weighted by Crippen LogP contribution is 2.16. The largest absolute Gasteiger partial charge is 0.381 e. The molecule has 108 valence electrons. The predicted molar refractivity (Wildman–Crippen MR) is 77.0 cm³/mol. The van der Waals surface area contributed by atoms with Crippen molar-refractivity contribution < 1.29 is 14.3 Å². The molecule has 1 aromatic rings. The zero-order chi connectivity index (χ0) is 14.5. The van der Waals surface area contributed by atoms with Gasteiger partial charge in [0.15, 0.2) is 5.78 Å². The first-order valence-corrected chi connectivity index (χ1v) is 6.82. The van der Waals surface area contributed by atoms with Crippen LogP contribution in [0, 0.1) is 5.92 Å². The van der Waals surface area contributed by atoms with Gasteiger partial charge < -0.3 is 15.4 Å². The summed E-state index contributed by atoms with van der Waals surface area (Å²) in [7, 11) is 0. The molecular formula is C15H20N2O3. The first-order chi connectivity index (χ1) is 9.56. The lowest BCUT2D eigenvalue weighted by atomic mass is 10.0. The van der Waals surface area contributed by atoms with Gasteiger partial charge in [-0.05, 0) is 32.4 Å². The van der Waals surface area contributed by atoms with Crippen molar-refractivity contribution in [2.75, 3.05) is 18.5 Å². The molecule has 2 rings (SSSR count). The summed E-state index contributed by atoms with van der Waals surface area (Å²) in [5.41, 5.74) is 1.20. The summed E-state index contributed by atoms with van der Waals surface area (Å²) in [6.07, 6.45) is 0.973. The Kier molecular flexibility index (Phi) is 4.74. The zero-order valence-corrected chi connectivity index (χ0v) is 11.8. The molecular weight excluding hydrogens is 256 g/mol. The van der Waals surface area contributed by atoms with Gasteiger partial charge in [0.05, 0.1) is 6.61 Å². The molecule has 2 N–H and O–H groups in total. The molecule has 2 amide bonds. The number of anilines is 1. The lowest BCUT2D eigenvalue weighted by molar-refractivity contribution is 0.101. The molecule has 1 saturated heterocycles. The average molecular weight is 276 g/mol. The van der Waals surface area contributed by atoms with E-state index in [1.165, 1.54) is 6.92 Å². The Balaban J connectivity index is 1.90. The third kappa shape index (κ3) is 3.81. The fraction of sp³-hybridized carbons (Fsp3) is 0.467. The first kappa shape index (κ1) is 14.5. The van der Waals surface area contributed by atoms with Crippen molar-refractivity contribution in [3.8, 4) is 0 Å². The number of rotatable bonds is 4. The normalized spacial score (nSPS) is 19.4. The summed E-state index contributed by atoms with van der Waals surface area (Å²) >= 11 is 0. The van der Waals surface area contributed by atoms with E-state index in [-0.39, 0.29) is 17.9 Å². The molecule has 0 spiro atoms. The van der Waals surface area contributed by atoms with E-state index in [0.717, 1.165) is 13.0 Å². The van der Waals surface area contributed by atoms with Crippen LogP contribution >= 0.6 is 0 Å². The molecule has 1 fully saturated rings. The van der Waals surface area contributed by atoms with Crippen LogP contribution in [0.4, 0.5) is 10.5 Å². The van der Waals surface area contributed by atoms with Gasteiger partial charge in [-0.15, -0.1) is 0 Å². The van der Waals surface area contributed by atoms with Crippen molar-refractivity contribution in [1.29, 1.82) is 0 Å². The van der Waals surface area contributed by atoms with Gasteiger partial charge in [0.1, 0.15) is 0 Å². The maximum atomic E-state index is 11.9. The number of amides is 2. The lowest BCUT2D eigenvalue weighted by Gasteiger charge is -2.19. The Morgan fingerprint density at radius 1 is 1.40 bits per heavy atom. The molecule has 1 aromatic carbocycles. The summed E-state index contributed by atoms with van der Waals surface area (Å²) in [6.45, 7) is 4.94. The molecule has 5 nitrogen and oxygen atoms in total. The van der Waals surface area contributed by atoms with Crippen LogP contribution in [-0.4, -0.2) is 31.1 Å². The molecule has 1 aliphatic heterocycles. The van der Waals surface area contributed by atoms with Crippen LogP contribution < -0.4 is 10.6 Å². The summed E-state index contributed by atoms with van der Waals surface area (Å²) in [6, 6.07) is 6.71. The summed E-state index contributed by atoms with van der Waals surface area (Å²) in [4.78, 5) is 23.2. The van der Waals surface area contributed by atoms with Gasteiger partial charge in [0.25, 0.3) is 0 Å². The molecule has 2 unspecified atom stereocenters. The van der Waals surface area contributed by atoms with Crippen molar-refractivity contribution in [2.45, 2.75) is 26.3 Å². The highest BCUT2D eigenvalue weighted by Gasteiger charge is 2.23. The number of Topliss-reactive ketones (excluding diaryl/α,β-unsaturated/α-hetero) is 1. The average Bonchev–Trinajstić information content (AvgIpc) is 2.92. The van der Waals surface area contributed by atoms with Crippen molar-refractivity contribution >= 4 is 17.5 Å². The molecule has 1 heterocycles. The molecule has 0 radical (unpaired) electrons. The second kappa shape index (κ2) is 6.52. The van der Waals surface area contributed by atoms with Crippen molar-refractivity contribution in [3.63, 3.8) is 0 Å². The van der Waals surface area contributed by atoms with Crippen molar-refractivity contribution in [3.05, 3.63) is 29.8 Å². The lowest BCUT2D eigenvalue weighted by Crippen LogP contribution is -2.40. The maximum absolute atomic E-state index is 11.9. The first-order valence-electron chi connectivity index (χ1n) is 6.82. The second-order valence-electron chi connectivity index (χ2n) is 5.15. The number of carbonyl (C=O) groups is 2. The maximum Gasteiger partial charge on any atom is 0.319 e. The van der Waals surface area contributed by atoms with Gasteiger partial charge >= 0.3 is 6.03 Å². The summed E-state index contributed by atoms with van der Waals surface area (Å²) in [5.74, 6) is 0.342. The molecule has 0 bridgehead atoms. The Hall–Kier alpha value is -1.88. The minimum absolute atomic E-state index is 0.0227. The molecule has 0 aromatic heterocycles. The number of carbonyl (C=O) groups excluding carboxylic acids is 2. The van der Waals surface area contributed by atoms with Crippen LogP contribution in [0.5, 0.6) is 0 Å². The SMILES string of the molecule is CC(=O)c1cccc(NC(=O)NC(C)C2CCOC2)c1. The fourth-order valence-corrected chi connectivity index (χ4v) is 2.25. The monoisotopic (exact) mass is 276 g/mol. The minimum atomic E-state index is -0.259.